The van der Waals surface area contributed by atoms with Crippen molar-refractivity contribution in [1.29, 1.82) is 0 Å². The first kappa shape index (κ1) is 22.2. The number of nitrogens with zero attached hydrogens (tertiary/aromatic N) is 2. The lowest BCUT2D eigenvalue weighted by molar-refractivity contribution is -0.137. The van der Waals surface area contributed by atoms with Gasteiger partial charge >= 0.3 is 5.97 Å². The van der Waals surface area contributed by atoms with Crippen LogP contribution in [-0.4, -0.2) is 34.2 Å². The molecule has 3 N–H and O–H groups in total. The van der Waals surface area contributed by atoms with Crippen molar-refractivity contribution in [2.45, 2.75) is 50.5 Å². The average molecular weight is 459 g/mol. The Morgan fingerprint density at radius 1 is 1.21 bits per heavy atom. The maximum Gasteiger partial charge on any atom is 0.305 e. The highest BCUT2D eigenvalue weighted by atomic mass is 16.5. The Labute approximate surface area is 199 Å². The minimum atomic E-state index is -0.847. The van der Waals surface area contributed by atoms with Crippen LogP contribution in [0.5, 0.6) is 5.75 Å². The predicted molar refractivity (Wildman–Crippen MR) is 132 cm³/mol. The molecule has 34 heavy (non-hydrogen) atoms. The van der Waals surface area contributed by atoms with E-state index in [9.17, 15) is 9.90 Å². The summed E-state index contributed by atoms with van der Waals surface area (Å²) in [6.45, 7) is 1.49. The Morgan fingerprint density at radius 3 is 2.91 bits per heavy atom. The third kappa shape index (κ3) is 5.65. The van der Waals surface area contributed by atoms with Crippen LogP contribution in [0.3, 0.4) is 0 Å². The van der Waals surface area contributed by atoms with Gasteiger partial charge in [0.25, 0.3) is 0 Å². The van der Waals surface area contributed by atoms with E-state index in [-0.39, 0.29) is 12.5 Å². The smallest absolute Gasteiger partial charge is 0.305 e. The molecule has 1 aromatic carbocycles. The van der Waals surface area contributed by atoms with Crippen LogP contribution in [0.25, 0.3) is 0 Å². The van der Waals surface area contributed by atoms with E-state index in [0.29, 0.717) is 30.5 Å². The molecule has 1 aliphatic heterocycles. The summed E-state index contributed by atoms with van der Waals surface area (Å²) in [6, 6.07) is 15.8. The van der Waals surface area contributed by atoms with Crippen molar-refractivity contribution in [2.24, 2.45) is 0 Å². The van der Waals surface area contributed by atoms with E-state index in [1.807, 2.05) is 24.3 Å². The highest BCUT2D eigenvalue weighted by Crippen LogP contribution is 2.41. The normalized spacial score (nSPS) is 15.6. The number of hydrogen-bond acceptors (Lipinski definition) is 6. The third-order valence-electron chi connectivity index (χ3n) is 6.38. The fraction of sp³-hybridized carbons (Fsp3) is 0.370. The molecular weight excluding hydrogens is 428 g/mol. The summed E-state index contributed by atoms with van der Waals surface area (Å²) >= 11 is 0. The molecule has 176 valence electrons. The van der Waals surface area contributed by atoms with Gasteiger partial charge in [0, 0.05) is 18.7 Å². The summed E-state index contributed by atoms with van der Waals surface area (Å²) in [7, 11) is 0. The van der Waals surface area contributed by atoms with Crippen molar-refractivity contribution in [3.05, 3.63) is 77.1 Å². The lowest BCUT2D eigenvalue weighted by atomic mass is 9.99. The third-order valence-corrected chi connectivity index (χ3v) is 6.38. The molecule has 2 aromatic heterocycles. The summed E-state index contributed by atoms with van der Waals surface area (Å²) in [6.07, 6.45) is 7.02. The minimum Gasteiger partial charge on any atom is -0.492 e. The molecule has 0 amide bonds. The van der Waals surface area contributed by atoms with E-state index in [2.05, 4.69) is 39.9 Å². The number of aryl methyl sites for hydroxylation is 1. The Morgan fingerprint density at radius 2 is 2.12 bits per heavy atom. The molecule has 2 aliphatic rings. The number of carbonyl (C=O) groups is 1. The number of nitrogens with one attached hydrogen (secondary N) is 2. The van der Waals surface area contributed by atoms with Gasteiger partial charge in [-0.05, 0) is 66.5 Å². The molecule has 5 rings (SSSR count). The van der Waals surface area contributed by atoms with Crippen molar-refractivity contribution in [2.75, 3.05) is 23.8 Å². The van der Waals surface area contributed by atoms with Gasteiger partial charge in [-0.25, -0.2) is 9.97 Å². The minimum absolute atomic E-state index is 0.0172. The number of anilines is 2. The van der Waals surface area contributed by atoms with Gasteiger partial charge in [-0.1, -0.05) is 30.3 Å². The second-order valence-electron chi connectivity index (χ2n) is 9.06. The molecule has 1 unspecified atom stereocenters. The second-order valence-corrected chi connectivity index (χ2v) is 9.06. The Hall–Kier alpha value is -3.61. The lowest BCUT2D eigenvalue weighted by Crippen LogP contribution is -2.16. The summed E-state index contributed by atoms with van der Waals surface area (Å²) in [4.78, 5) is 20.6. The zero-order chi connectivity index (χ0) is 23.3. The lowest BCUT2D eigenvalue weighted by Gasteiger charge is -2.19. The van der Waals surface area contributed by atoms with Crippen LogP contribution in [0.4, 0.5) is 11.6 Å². The molecule has 7 nitrogen and oxygen atoms in total. The van der Waals surface area contributed by atoms with Crippen LogP contribution in [-0.2, 0) is 17.6 Å². The van der Waals surface area contributed by atoms with Crippen molar-refractivity contribution in [3.63, 3.8) is 0 Å². The van der Waals surface area contributed by atoms with Crippen LogP contribution >= 0.6 is 0 Å². The van der Waals surface area contributed by atoms with Crippen molar-refractivity contribution in [3.8, 4) is 5.75 Å². The fourth-order valence-electron chi connectivity index (χ4n) is 4.38. The number of fused-ring (bicyclic) bond motifs is 1. The molecule has 0 bridgehead atoms. The Balaban J connectivity index is 1.18. The van der Waals surface area contributed by atoms with Crippen molar-refractivity contribution >= 4 is 17.6 Å². The Kier molecular flexibility index (Phi) is 6.60. The number of ether oxygens (including phenoxy) is 1. The number of aromatic nitrogens is 2. The van der Waals surface area contributed by atoms with E-state index >= 15 is 0 Å². The monoisotopic (exact) mass is 458 g/mol. The quantitative estimate of drug-likeness (QED) is 0.395. The van der Waals surface area contributed by atoms with E-state index in [4.69, 9.17) is 9.72 Å². The van der Waals surface area contributed by atoms with Crippen LogP contribution < -0.4 is 15.4 Å². The van der Waals surface area contributed by atoms with Gasteiger partial charge in [0.2, 0.25) is 0 Å². The number of aliphatic carboxylic acids is 1. The topological polar surface area (TPSA) is 96.4 Å². The zero-order valence-corrected chi connectivity index (χ0v) is 19.2. The SMILES string of the molecule is O=C(O)CC(Nc1ccc(OCCc2ccc3c(n2)NCCC3)cn1)c1cccc(C2CC2)c1. The van der Waals surface area contributed by atoms with Crippen molar-refractivity contribution in [1.82, 2.24) is 9.97 Å². The van der Waals surface area contributed by atoms with Gasteiger partial charge < -0.3 is 20.5 Å². The molecule has 3 heterocycles. The number of carboxylic acids is 1. The average Bonchev–Trinajstić information content (AvgIpc) is 3.70. The van der Waals surface area contributed by atoms with E-state index in [0.717, 1.165) is 36.5 Å². The van der Waals surface area contributed by atoms with Crippen LogP contribution in [0.1, 0.15) is 60.0 Å². The van der Waals surface area contributed by atoms with Crippen LogP contribution in [0, 0.1) is 0 Å². The highest BCUT2D eigenvalue weighted by molar-refractivity contribution is 5.68. The van der Waals surface area contributed by atoms with E-state index in [1.165, 1.54) is 24.0 Å². The van der Waals surface area contributed by atoms with Gasteiger partial charge in [-0.15, -0.1) is 0 Å². The number of pyridine rings is 2. The molecule has 3 aromatic rings. The zero-order valence-electron chi connectivity index (χ0n) is 19.2. The molecule has 7 heteroatoms. The molecule has 0 radical (unpaired) electrons. The van der Waals surface area contributed by atoms with Gasteiger partial charge in [0.1, 0.15) is 17.4 Å². The van der Waals surface area contributed by atoms with E-state index < -0.39 is 5.97 Å². The van der Waals surface area contributed by atoms with Crippen molar-refractivity contribution < 1.29 is 14.6 Å². The van der Waals surface area contributed by atoms with E-state index in [1.54, 1.807) is 6.20 Å². The molecule has 1 aliphatic carbocycles. The summed E-state index contributed by atoms with van der Waals surface area (Å²) in [5.74, 6) is 2.07. The maximum absolute atomic E-state index is 11.5. The van der Waals surface area contributed by atoms with Gasteiger partial charge in [0.05, 0.1) is 25.3 Å². The van der Waals surface area contributed by atoms with Crippen LogP contribution in [0.2, 0.25) is 0 Å². The largest absolute Gasteiger partial charge is 0.492 e. The van der Waals surface area contributed by atoms with Gasteiger partial charge in [-0.3, -0.25) is 4.79 Å². The second kappa shape index (κ2) is 10.1. The first-order valence-corrected chi connectivity index (χ1v) is 12.0. The summed E-state index contributed by atoms with van der Waals surface area (Å²) < 4.78 is 5.87. The maximum atomic E-state index is 11.5. The molecular formula is C27H30N4O3. The fourth-order valence-corrected chi connectivity index (χ4v) is 4.38. The molecule has 0 spiro atoms. The van der Waals surface area contributed by atoms with Gasteiger partial charge in [0.15, 0.2) is 0 Å². The standard InChI is InChI=1S/C27H30N4O3/c32-26(33)16-24(21-4-1-3-20(15-21)18-6-7-18)31-25-11-10-23(17-29-25)34-14-12-22-9-8-19-5-2-13-28-27(19)30-22/h1,3-4,8-11,15,17-18,24H,2,5-7,12-14,16H2,(H,28,30)(H,29,31)(H,32,33). The summed E-state index contributed by atoms with van der Waals surface area (Å²) in [5, 5.41) is 16.1. The molecule has 1 atom stereocenters. The van der Waals surface area contributed by atoms with Crippen LogP contribution in [0.15, 0.2) is 54.7 Å². The molecule has 0 saturated heterocycles. The molecule has 1 fully saturated rings. The first-order chi connectivity index (χ1) is 16.6. The van der Waals surface area contributed by atoms with Gasteiger partial charge in [-0.2, -0.15) is 0 Å². The number of benzene rings is 1. The predicted octanol–water partition coefficient (Wildman–Crippen LogP) is 4.96. The number of carboxylic acid groups (broad SMARTS) is 1. The summed E-state index contributed by atoms with van der Waals surface area (Å²) in [5.41, 5.74) is 4.55. The highest BCUT2D eigenvalue weighted by Gasteiger charge is 2.25. The number of rotatable bonds is 10. The first-order valence-electron chi connectivity index (χ1n) is 12.0. The molecule has 1 saturated carbocycles. The number of hydrogen-bond donors (Lipinski definition) is 3. The Bertz CT molecular complexity index is 1140.